The number of phenols is 2. The summed E-state index contributed by atoms with van der Waals surface area (Å²) in [4.78, 5) is 14.6. The first-order valence-corrected chi connectivity index (χ1v) is 6.51. The molecule has 2 atom stereocenters. The van der Waals surface area contributed by atoms with E-state index in [-0.39, 0.29) is 23.3 Å². The van der Waals surface area contributed by atoms with Crippen LogP contribution in [-0.4, -0.2) is 27.9 Å². The van der Waals surface area contributed by atoms with Crippen molar-refractivity contribution in [2.45, 2.75) is 12.1 Å². The number of benzene rings is 2. The molecule has 4 heteroatoms. The molecule has 0 unspecified atom stereocenters. The van der Waals surface area contributed by atoms with E-state index in [2.05, 4.69) is 0 Å². The van der Waals surface area contributed by atoms with Crippen molar-refractivity contribution in [2.75, 3.05) is 7.05 Å². The zero-order valence-corrected chi connectivity index (χ0v) is 10.9. The fraction of sp³-hybridized carbons (Fsp3) is 0.188. The predicted octanol–water partition coefficient (Wildman–Crippen LogP) is 2.37. The highest BCUT2D eigenvalue weighted by Crippen LogP contribution is 2.55. The van der Waals surface area contributed by atoms with E-state index in [0.29, 0.717) is 16.7 Å². The number of fused-ring (bicyclic) bond motifs is 7. The molecule has 20 heavy (non-hydrogen) atoms. The zero-order chi connectivity index (χ0) is 14.0. The van der Waals surface area contributed by atoms with Crippen molar-refractivity contribution in [3.63, 3.8) is 0 Å². The van der Waals surface area contributed by atoms with Gasteiger partial charge < -0.3 is 10.2 Å². The van der Waals surface area contributed by atoms with Crippen LogP contribution in [0.15, 0.2) is 36.4 Å². The maximum Gasteiger partial charge on any atom is 0.185 e. The largest absolute Gasteiger partial charge is 0.508 e. The van der Waals surface area contributed by atoms with E-state index in [1.807, 2.05) is 36.2 Å². The second-order valence-electron chi connectivity index (χ2n) is 5.35. The molecular weight excluding hydrogens is 254 g/mol. The average Bonchev–Trinajstić information content (AvgIpc) is 2.69. The molecule has 2 aliphatic heterocycles. The number of hydrogen-bond acceptors (Lipinski definition) is 4. The summed E-state index contributed by atoms with van der Waals surface area (Å²) in [6, 6.07) is 9.67. The van der Waals surface area contributed by atoms with Crippen molar-refractivity contribution >= 4 is 5.78 Å². The van der Waals surface area contributed by atoms with Crippen LogP contribution in [0.1, 0.15) is 39.1 Å². The maximum absolute atomic E-state index is 12.7. The average molecular weight is 267 g/mol. The molecule has 2 heterocycles. The number of carbonyl (C=O) groups excluding carboxylic acids is 1. The first-order chi connectivity index (χ1) is 9.61. The highest BCUT2D eigenvalue weighted by molar-refractivity contribution is 6.05. The van der Waals surface area contributed by atoms with Crippen molar-refractivity contribution in [2.24, 2.45) is 0 Å². The summed E-state index contributed by atoms with van der Waals surface area (Å²) in [5.41, 5.74) is 2.75. The SMILES string of the molecule is CN1[C@@H]2c3ccccc3C(=O)[C@H]1c1c(O)ccc(O)c12. The molecule has 0 saturated heterocycles. The van der Waals surface area contributed by atoms with E-state index in [9.17, 15) is 15.0 Å². The third kappa shape index (κ3) is 1.17. The van der Waals surface area contributed by atoms with Gasteiger partial charge in [-0.2, -0.15) is 0 Å². The van der Waals surface area contributed by atoms with Gasteiger partial charge >= 0.3 is 0 Å². The molecule has 100 valence electrons. The Bertz CT molecular complexity index is 753. The van der Waals surface area contributed by atoms with Gasteiger partial charge in [0.05, 0.1) is 6.04 Å². The molecule has 2 bridgehead atoms. The number of nitrogens with zero attached hydrogens (tertiary/aromatic N) is 1. The summed E-state index contributed by atoms with van der Waals surface area (Å²) in [7, 11) is 1.85. The topological polar surface area (TPSA) is 60.8 Å². The predicted molar refractivity (Wildman–Crippen MR) is 72.9 cm³/mol. The van der Waals surface area contributed by atoms with Crippen LogP contribution in [0.25, 0.3) is 0 Å². The number of carbonyl (C=O) groups is 1. The van der Waals surface area contributed by atoms with Crippen molar-refractivity contribution in [1.29, 1.82) is 0 Å². The van der Waals surface area contributed by atoms with Crippen molar-refractivity contribution in [3.05, 3.63) is 58.7 Å². The van der Waals surface area contributed by atoms with Crippen molar-refractivity contribution in [3.8, 4) is 11.5 Å². The van der Waals surface area contributed by atoms with Gasteiger partial charge in [-0.3, -0.25) is 9.69 Å². The van der Waals surface area contributed by atoms with E-state index in [1.165, 1.54) is 12.1 Å². The lowest BCUT2D eigenvalue weighted by atomic mass is 9.91. The van der Waals surface area contributed by atoms with Crippen LogP contribution in [0.3, 0.4) is 0 Å². The summed E-state index contributed by atoms with van der Waals surface area (Å²) < 4.78 is 0. The van der Waals surface area contributed by atoms with E-state index in [4.69, 9.17) is 0 Å². The molecule has 0 saturated carbocycles. The van der Waals surface area contributed by atoms with Crippen LogP contribution in [0, 0.1) is 0 Å². The summed E-state index contributed by atoms with van der Waals surface area (Å²) in [6.45, 7) is 0. The van der Waals surface area contributed by atoms with Crippen LogP contribution in [0.5, 0.6) is 11.5 Å². The zero-order valence-electron chi connectivity index (χ0n) is 10.9. The minimum absolute atomic E-state index is 0.0287. The summed E-state index contributed by atoms with van der Waals surface area (Å²) in [5.74, 6) is 0.166. The Balaban J connectivity index is 2.11. The fourth-order valence-electron chi connectivity index (χ4n) is 3.54. The quantitative estimate of drug-likeness (QED) is 0.719. The standard InChI is InChI=1S/C16H13NO3/c1-17-14-8-4-2-3-5-9(8)16(20)15(17)13-11(19)7-6-10(18)12(13)14/h2-7,14-15,18-19H,1H3/t14-,15-/m1/s1. The lowest BCUT2D eigenvalue weighted by molar-refractivity contribution is 0.0813. The van der Waals surface area contributed by atoms with Crippen LogP contribution >= 0.6 is 0 Å². The number of hydrogen-bond donors (Lipinski definition) is 2. The first kappa shape index (κ1) is 11.5. The summed E-state index contributed by atoms with van der Waals surface area (Å²) in [5, 5.41) is 20.3. The normalized spacial score (nSPS) is 23.6. The van der Waals surface area contributed by atoms with Crippen molar-refractivity contribution < 1.29 is 15.0 Å². The van der Waals surface area contributed by atoms with Gasteiger partial charge in [0.15, 0.2) is 5.78 Å². The van der Waals surface area contributed by atoms with Gasteiger partial charge in [0.2, 0.25) is 0 Å². The molecule has 0 aliphatic carbocycles. The molecule has 0 aromatic heterocycles. The molecule has 0 fully saturated rings. The highest BCUT2D eigenvalue weighted by atomic mass is 16.3. The molecular formula is C16H13NO3. The number of likely N-dealkylation sites (N-methyl/N-ethyl adjacent to an activating group) is 1. The molecule has 4 rings (SSSR count). The number of aromatic hydroxyl groups is 2. The Morgan fingerprint density at radius 3 is 2.25 bits per heavy atom. The number of Topliss-reactive ketones (excluding diaryl/α,β-unsaturated/α-hetero) is 1. The van der Waals surface area contributed by atoms with E-state index in [0.717, 1.165) is 5.56 Å². The molecule has 0 spiro atoms. The number of rotatable bonds is 0. The second kappa shape index (κ2) is 3.61. The Hall–Kier alpha value is -2.33. The van der Waals surface area contributed by atoms with Gasteiger partial charge in [-0.05, 0) is 24.7 Å². The molecule has 2 aromatic rings. The molecule has 2 aromatic carbocycles. The summed E-state index contributed by atoms with van der Waals surface area (Å²) in [6.07, 6.45) is 0. The van der Waals surface area contributed by atoms with Gasteiger partial charge in [-0.15, -0.1) is 0 Å². The third-order valence-corrected chi connectivity index (χ3v) is 4.37. The fourth-order valence-corrected chi connectivity index (χ4v) is 3.54. The van der Waals surface area contributed by atoms with E-state index < -0.39 is 6.04 Å². The highest BCUT2D eigenvalue weighted by Gasteiger charge is 2.49. The Kier molecular flexibility index (Phi) is 2.07. The van der Waals surface area contributed by atoms with Gasteiger partial charge in [-0.25, -0.2) is 0 Å². The van der Waals surface area contributed by atoms with Crippen LogP contribution < -0.4 is 0 Å². The van der Waals surface area contributed by atoms with Gasteiger partial charge in [0.1, 0.15) is 17.5 Å². The molecule has 0 radical (unpaired) electrons. The summed E-state index contributed by atoms with van der Waals surface area (Å²) >= 11 is 0. The lowest BCUT2D eigenvalue weighted by Gasteiger charge is -2.32. The first-order valence-electron chi connectivity index (χ1n) is 6.51. The minimum atomic E-state index is -0.517. The van der Waals surface area contributed by atoms with Gasteiger partial charge in [0.25, 0.3) is 0 Å². The Labute approximate surface area is 115 Å². The smallest absolute Gasteiger partial charge is 0.185 e. The molecule has 4 nitrogen and oxygen atoms in total. The molecule has 2 aliphatic rings. The number of phenolic OH excluding ortho intramolecular Hbond substituents is 2. The van der Waals surface area contributed by atoms with Gasteiger partial charge in [-0.1, -0.05) is 24.3 Å². The molecule has 2 N–H and O–H groups in total. The third-order valence-electron chi connectivity index (χ3n) is 4.37. The Morgan fingerprint density at radius 2 is 1.55 bits per heavy atom. The number of ketones is 1. The Morgan fingerprint density at radius 1 is 0.950 bits per heavy atom. The van der Waals surface area contributed by atoms with Crippen LogP contribution in [0.2, 0.25) is 0 Å². The maximum atomic E-state index is 12.7. The second-order valence-corrected chi connectivity index (χ2v) is 5.35. The lowest BCUT2D eigenvalue weighted by Crippen LogP contribution is -2.34. The molecule has 0 amide bonds. The van der Waals surface area contributed by atoms with Crippen LogP contribution in [-0.2, 0) is 0 Å². The van der Waals surface area contributed by atoms with Crippen LogP contribution in [0.4, 0.5) is 0 Å². The van der Waals surface area contributed by atoms with E-state index in [1.54, 1.807) is 0 Å². The van der Waals surface area contributed by atoms with E-state index >= 15 is 0 Å². The van der Waals surface area contributed by atoms with Crippen molar-refractivity contribution in [1.82, 2.24) is 4.90 Å². The minimum Gasteiger partial charge on any atom is -0.508 e. The monoisotopic (exact) mass is 267 g/mol. The van der Waals surface area contributed by atoms with Gasteiger partial charge in [0, 0.05) is 16.7 Å².